The lowest BCUT2D eigenvalue weighted by Gasteiger charge is -2.32. The van der Waals surface area contributed by atoms with E-state index in [0.29, 0.717) is 12.5 Å². The van der Waals surface area contributed by atoms with E-state index >= 15 is 0 Å². The van der Waals surface area contributed by atoms with Crippen LogP contribution in [0.15, 0.2) is 0 Å². The van der Waals surface area contributed by atoms with Gasteiger partial charge in [-0.25, -0.2) is 0 Å². The molecule has 1 aliphatic rings. The molecule has 0 aromatic heterocycles. The maximum atomic E-state index is 12.5. The summed E-state index contributed by atoms with van der Waals surface area (Å²) in [7, 11) is 0. The maximum absolute atomic E-state index is 12.5. The monoisotopic (exact) mass is 294 g/mol. The van der Waals surface area contributed by atoms with Crippen LogP contribution in [0.3, 0.4) is 0 Å². The summed E-state index contributed by atoms with van der Waals surface area (Å²) in [6.07, 6.45) is -3.92. The van der Waals surface area contributed by atoms with E-state index in [1.807, 2.05) is 6.92 Å². The van der Waals surface area contributed by atoms with Crippen LogP contribution in [0.25, 0.3) is 0 Å². The third kappa shape index (κ3) is 4.96. The van der Waals surface area contributed by atoms with Gasteiger partial charge in [-0.05, 0) is 24.2 Å². The Morgan fingerprint density at radius 1 is 1.30 bits per heavy atom. The van der Waals surface area contributed by atoms with Gasteiger partial charge in [-0.15, -0.1) is 0 Å². The van der Waals surface area contributed by atoms with Crippen molar-refractivity contribution in [1.82, 2.24) is 10.6 Å². The highest BCUT2D eigenvalue weighted by molar-refractivity contribution is 5.81. The molecule has 0 aliphatic carbocycles. The number of hydrogen-bond donors (Lipinski definition) is 2. The summed E-state index contributed by atoms with van der Waals surface area (Å²) >= 11 is 0. The van der Waals surface area contributed by atoms with Crippen LogP contribution in [0.5, 0.6) is 0 Å². The Morgan fingerprint density at radius 2 is 1.90 bits per heavy atom. The van der Waals surface area contributed by atoms with Gasteiger partial charge in [-0.2, -0.15) is 13.2 Å². The molecule has 1 rings (SSSR count). The molecule has 1 aliphatic heterocycles. The molecule has 1 fully saturated rings. The minimum Gasteiger partial charge on any atom is -0.354 e. The second-order valence-corrected chi connectivity index (χ2v) is 6.79. The highest BCUT2D eigenvalue weighted by Crippen LogP contribution is 2.32. The topological polar surface area (TPSA) is 41.1 Å². The average Bonchev–Trinajstić information content (AvgIpc) is 2.33. The molecule has 2 N–H and O–H groups in total. The number of carbonyl (C=O) groups is 1. The van der Waals surface area contributed by atoms with E-state index in [1.54, 1.807) is 0 Å². The van der Waals surface area contributed by atoms with Crippen LogP contribution in [-0.4, -0.2) is 31.2 Å². The molecular weight excluding hydrogens is 269 g/mol. The molecule has 1 saturated heterocycles. The van der Waals surface area contributed by atoms with Gasteiger partial charge in [0.25, 0.3) is 0 Å². The highest BCUT2D eigenvalue weighted by atomic mass is 19.4. The summed E-state index contributed by atoms with van der Waals surface area (Å²) in [5.74, 6) is -1.22. The van der Waals surface area contributed by atoms with Crippen molar-refractivity contribution in [2.24, 2.45) is 17.3 Å². The normalized spacial score (nSPS) is 26.1. The van der Waals surface area contributed by atoms with Crippen molar-refractivity contribution in [2.75, 3.05) is 13.1 Å². The molecule has 1 amide bonds. The van der Waals surface area contributed by atoms with Crippen LogP contribution in [-0.2, 0) is 4.79 Å². The fourth-order valence-corrected chi connectivity index (χ4v) is 2.04. The van der Waals surface area contributed by atoms with Crippen molar-refractivity contribution in [2.45, 2.75) is 52.8 Å². The Bertz CT molecular complexity index is 328. The minimum absolute atomic E-state index is 0.0173. The van der Waals surface area contributed by atoms with E-state index in [-0.39, 0.29) is 30.7 Å². The molecule has 3 atom stereocenters. The van der Waals surface area contributed by atoms with Gasteiger partial charge in [0.05, 0.1) is 12.0 Å². The number of alkyl halides is 3. The third-order valence-corrected chi connectivity index (χ3v) is 4.25. The van der Waals surface area contributed by atoms with Gasteiger partial charge >= 0.3 is 6.18 Å². The van der Waals surface area contributed by atoms with Gasteiger partial charge in [-0.1, -0.05) is 27.7 Å². The van der Waals surface area contributed by atoms with Crippen LogP contribution in [0.2, 0.25) is 0 Å². The minimum atomic E-state index is -4.17. The summed E-state index contributed by atoms with van der Waals surface area (Å²) in [6, 6.07) is -0.499. The largest absolute Gasteiger partial charge is 0.393 e. The predicted molar refractivity (Wildman–Crippen MR) is 72.2 cm³/mol. The summed E-state index contributed by atoms with van der Waals surface area (Å²) < 4.78 is 37.5. The van der Waals surface area contributed by atoms with Gasteiger partial charge < -0.3 is 10.6 Å². The Hall–Kier alpha value is -0.780. The SMILES string of the molecule is CC(CNC(=O)C1CCC(C(F)(F)F)CN1)C(C)(C)C. The van der Waals surface area contributed by atoms with Crippen molar-refractivity contribution in [1.29, 1.82) is 0 Å². The number of rotatable bonds is 3. The molecule has 0 spiro atoms. The second kappa shape index (κ2) is 6.33. The lowest BCUT2D eigenvalue weighted by molar-refractivity contribution is -0.180. The average molecular weight is 294 g/mol. The van der Waals surface area contributed by atoms with E-state index in [0.717, 1.165) is 0 Å². The van der Waals surface area contributed by atoms with Crippen LogP contribution in [0.1, 0.15) is 40.5 Å². The summed E-state index contributed by atoms with van der Waals surface area (Å²) in [5.41, 5.74) is 0.0919. The molecule has 0 radical (unpaired) electrons. The molecular formula is C14H25F3N2O. The zero-order chi connectivity index (χ0) is 15.6. The molecule has 0 aromatic carbocycles. The standard InChI is InChI=1S/C14H25F3N2O/c1-9(13(2,3)4)7-19-12(20)11-6-5-10(8-18-11)14(15,16)17/h9-11,18H,5-8H2,1-4H3,(H,19,20). The fraction of sp³-hybridized carbons (Fsp3) is 0.929. The first kappa shape index (κ1) is 17.3. The first-order valence-electron chi connectivity index (χ1n) is 7.09. The van der Waals surface area contributed by atoms with Crippen LogP contribution in [0.4, 0.5) is 13.2 Å². The van der Waals surface area contributed by atoms with Crippen molar-refractivity contribution in [3.8, 4) is 0 Å². The first-order valence-corrected chi connectivity index (χ1v) is 7.09. The molecule has 118 valence electrons. The molecule has 20 heavy (non-hydrogen) atoms. The molecule has 0 aromatic rings. The first-order chi connectivity index (χ1) is 9.01. The highest BCUT2D eigenvalue weighted by Gasteiger charge is 2.42. The van der Waals surface area contributed by atoms with Crippen LogP contribution >= 0.6 is 0 Å². The smallest absolute Gasteiger partial charge is 0.354 e. The number of amides is 1. The zero-order valence-electron chi connectivity index (χ0n) is 12.6. The molecule has 1 heterocycles. The molecule has 0 saturated carbocycles. The van der Waals surface area contributed by atoms with Crippen molar-refractivity contribution < 1.29 is 18.0 Å². The Labute approximate surface area is 118 Å². The molecule has 3 nitrogen and oxygen atoms in total. The Morgan fingerprint density at radius 3 is 2.30 bits per heavy atom. The van der Waals surface area contributed by atoms with E-state index < -0.39 is 18.1 Å². The number of nitrogens with one attached hydrogen (secondary N) is 2. The van der Waals surface area contributed by atoms with E-state index in [9.17, 15) is 18.0 Å². The van der Waals surface area contributed by atoms with Gasteiger partial charge in [0.1, 0.15) is 0 Å². The third-order valence-electron chi connectivity index (χ3n) is 4.25. The molecule has 6 heteroatoms. The maximum Gasteiger partial charge on any atom is 0.393 e. The Kier molecular flexibility index (Phi) is 5.46. The van der Waals surface area contributed by atoms with Crippen molar-refractivity contribution in [3.63, 3.8) is 0 Å². The summed E-state index contributed by atoms with van der Waals surface area (Å²) in [5, 5.41) is 5.54. The number of carbonyl (C=O) groups excluding carboxylic acids is 1. The van der Waals surface area contributed by atoms with E-state index in [1.165, 1.54) is 0 Å². The molecule has 3 unspecified atom stereocenters. The number of hydrogen-bond acceptors (Lipinski definition) is 2. The van der Waals surface area contributed by atoms with Crippen LogP contribution in [0, 0.1) is 17.3 Å². The van der Waals surface area contributed by atoms with Gasteiger partial charge in [0, 0.05) is 13.1 Å². The van der Waals surface area contributed by atoms with E-state index in [2.05, 4.69) is 31.4 Å². The predicted octanol–water partition coefficient (Wildman–Crippen LogP) is 2.72. The quantitative estimate of drug-likeness (QED) is 0.840. The zero-order valence-corrected chi connectivity index (χ0v) is 12.6. The second-order valence-electron chi connectivity index (χ2n) is 6.79. The molecule has 0 bridgehead atoms. The van der Waals surface area contributed by atoms with Crippen molar-refractivity contribution in [3.05, 3.63) is 0 Å². The van der Waals surface area contributed by atoms with Gasteiger partial charge in [0.2, 0.25) is 5.91 Å². The van der Waals surface area contributed by atoms with Gasteiger partial charge in [0.15, 0.2) is 0 Å². The summed E-state index contributed by atoms with van der Waals surface area (Å²) in [6.45, 7) is 8.71. The lowest BCUT2D eigenvalue weighted by Crippen LogP contribution is -2.52. The number of halogens is 3. The van der Waals surface area contributed by atoms with Gasteiger partial charge in [-0.3, -0.25) is 4.79 Å². The Balaban J connectivity index is 2.37. The van der Waals surface area contributed by atoms with Crippen molar-refractivity contribution >= 4 is 5.91 Å². The van der Waals surface area contributed by atoms with Crippen LogP contribution < -0.4 is 10.6 Å². The summed E-state index contributed by atoms with van der Waals surface area (Å²) in [4.78, 5) is 11.9. The fourth-order valence-electron chi connectivity index (χ4n) is 2.04. The number of piperidine rings is 1. The lowest BCUT2D eigenvalue weighted by atomic mass is 9.82. The van der Waals surface area contributed by atoms with E-state index in [4.69, 9.17) is 0 Å².